The lowest BCUT2D eigenvalue weighted by molar-refractivity contribution is -0.131. The van der Waals surface area contributed by atoms with E-state index < -0.39 is 0 Å². The van der Waals surface area contributed by atoms with Crippen LogP contribution in [0.3, 0.4) is 0 Å². The topological polar surface area (TPSA) is 130 Å². The summed E-state index contributed by atoms with van der Waals surface area (Å²) in [6.45, 7) is 20.0. The minimum absolute atomic E-state index is 0. The van der Waals surface area contributed by atoms with Gasteiger partial charge in [0.1, 0.15) is 5.78 Å². The van der Waals surface area contributed by atoms with Gasteiger partial charge in [-0.1, -0.05) is 14.9 Å². The second kappa shape index (κ2) is 28.4. The van der Waals surface area contributed by atoms with Gasteiger partial charge in [-0.05, 0) is 69.2 Å². The molecule has 0 fully saturated rings. The lowest BCUT2D eigenvalue weighted by Crippen LogP contribution is -2.42. The standard InChI is InChI=1S/C9H20N2O2.C8H18N2O2.C8H17NO2.2CH4/c1-7(2)13-6-10-8(3)9(12)11(4)5;1-6(2)12-5-10-7(3)8(11)9-4;1-6(2)11-5-9-7(3)8(4)10;;/h7-8,10H,6H2,1-5H3;6-7,10H,5H2,1-4H3,(H,9,11);6-7,9H,5H2,1-4H3;2*1H4. The van der Waals surface area contributed by atoms with Gasteiger partial charge in [-0.25, -0.2) is 0 Å². The molecule has 0 saturated heterocycles. The van der Waals surface area contributed by atoms with Gasteiger partial charge in [-0.15, -0.1) is 0 Å². The maximum atomic E-state index is 11.3. The maximum absolute atomic E-state index is 11.3. The Balaban J connectivity index is -0.000000140. The van der Waals surface area contributed by atoms with Crippen molar-refractivity contribution in [2.75, 3.05) is 41.3 Å². The molecule has 0 aliphatic heterocycles. The van der Waals surface area contributed by atoms with E-state index in [-0.39, 0.29) is 68.9 Å². The van der Waals surface area contributed by atoms with Crippen LogP contribution >= 0.6 is 0 Å². The molecule has 0 aromatic rings. The van der Waals surface area contributed by atoms with Crippen molar-refractivity contribution >= 4 is 17.6 Å². The Labute approximate surface area is 234 Å². The summed E-state index contributed by atoms with van der Waals surface area (Å²) in [6, 6.07) is -0.490. The number of carbonyl (C=O) groups excluding carboxylic acids is 3. The van der Waals surface area contributed by atoms with E-state index in [4.69, 9.17) is 14.2 Å². The van der Waals surface area contributed by atoms with Crippen molar-refractivity contribution in [3.05, 3.63) is 0 Å². The van der Waals surface area contributed by atoms with Gasteiger partial charge in [-0.2, -0.15) is 0 Å². The van der Waals surface area contributed by atoms with Crippen molar-refractivity contribution in [3.8, 4) is 0 Å². The number of amides is 2. The number of nitrogens with zero attached hydrogens (tertiary/aromatic N) is 1. The van der Waals surface area contributed by atoms with Crippen LogP contribution < -0.4 is 21.3 Å². The molecule has 11 nitrogen and oxygen atoms in total. The molecule has 11 heteroatoms. The maximum Gasteiger partial charge on any atom is 0.238 e. The van der Waals surface area contributed by atoms with Crippen molar-refractivity contribution in [1.82, 2.24) is 26.2 Å². The number of hydrogen-bond donors (Lipinski definition) is 4. The third-order valence-electron chi connectivity index (χ3n) is 4.48. The smallest absolute Gasteiger partial charge is 0.238 e. The van der Waals surface area contributed by atoms with Gasteiger partial charge in [-0.3, -0.25) is 30.3 Å². The zero-order chi connectivity index (χ0) is 28.8. The van der Waals surface area contributed by atoms with Crippen LogP contribution in [0.15, 0.2) is 0 Å². The monoisotopic (exact) mass is 553 g/mol. The molecule has 0 aromatic heterocycles. The molecule has 0 aromatic carbocycles. The average molecular weight is 554 g/mol. The van der Waals surface area contributed by atoms with E-state index >= 15 is 0 Å². The number of ketones is 1. The van der Waals surface area contributed by atoms with Gasteiger partial charge in [0.25, 0.3) is 0 Å². The van der Waals surface area contributed by atoms with Crippen molar-refractivity contribution in [3.63, 3.8) is 0 Å². The summed E-state index contributed by atoms with van der Waals surface area (Å²) in [5, 5.41) is 11.4. The molecule has 0 spiro atoms. The summed E-state index contributed by atoms with van der Waals surface area (Å²) in [4.78, 5) is 34.5. The number of carbonyl (C=O) groups is 3. The normalized spacial score (nSPS) is 12.5. The third-order valence-corrected chi connectivity index (χ3v) is 4.48. The van der Waals surface area contributed by atoms with Crippen LogP contribution in [-0.2, 0) is 28.6 Å². The van der Waals surface area contributed by atoms with Crippen LogP contribution in [-0.4, -0.2) is 100 Å². The van der Waals surface area contributed by atoms with E-state index in [1.165, 1.54) is 0 Å². The van der Waals surface area contributed by atoms with Crippen LogP contribution in [0.25, 0.3) is 0 Å². The highest BCUT2D eigenvalue weighted by Gasteiger charge is 2.13. The number of nitrogens with one attached hydrogen (secondary N) is 4. The van der Waals surface area contributed by atoms with Crippen molar-refractivity contribution in [1.29, 1.82) is 0 Å². The fourth-order valence-electron chi connectivity index (χ4n) is 1.95. The first-order valence-electron chi connectivity index (χ1n) is 12.5. The largest absolute Gasteiger partial charge is 0.364 e. The molecule has 0 bridgehead atoms. The molecular formula is C27H63N5O6. The minimum atomic E-state index is -0.200. The molecular weight excluding hydrogens is 490 g/mol. The summed E-state index contributed by atoms with van der Waals surface area (Å²) in [5.74, 6) is 0.173. The number of likely N-dealkylation sites (N-methyl/N-ethyl adjacent to an activating group) is 2. The summed E-state index contributed by atoms with van der Waals surface area (Å²) < 4.78 is 15.7. The first-order valence-corrected chi connectivity index (χ1v) is 12.5. The van der Waals surface area contributed by atoms with Gasteiger partial charge in [0.05, 0.1) is 56.6 Å². The molecule has 0 aliphatic carbocycles. The fraction of sp³-hybridized carbons (Fsp3) is 0.889. The van der Waals surface area contributed by atoms with Crippen LogP contribution in [0.2, 0.25) is 0 Å². The molecule has 0 radical (unpaired) electrons. The van der Waals surface area contributed by atoms with E-state index in [1.807, 2.05) is 55.4 Å². The molecule has 38 heavy (non-hydrogen) atoms. The molecule has 2 amide bonds. The highest BCUT2D eigenvalue weighted by atomic mass is 16.5. The summed E-state index contributed by atoms with van der Waals surface area (Å²) >= 11 is 0. The van der Waals surface area contributed by atoms with Crippen LogP contribution in [0.1, 0.15) is 84.1 Å². The molecule has 3 unspecified atom stereocenters. The number of rotatable bonds is 15. The summed E-state index contributed by atoms with van der Waals surface area (Å²) in [5.41, 5.74) is 0. The minimum Gasteiger partial charge on any atom is -0.364 e. The van der Waals surface area contributed by atoms with Gasteiger partial charge >= 0.3 is 0 Å². The van der Waals surface area contributed by atoms with Crippen molar-refractivity contribution in [2.45, 2.75) is 121 Å². The van der Waals surface area contributed by atoms with Crippen molar-refractivity contribution in [2.24, 2.45) is 0 Å². The highest BCUT2D eigenvalue weighted by molar-refractivity contribution is 5.81. The number of Topliss-reactive ketones (excluding diaryl/α,β-unsaturated/α-hetero) is 1. The quantitative estimate of drug-likeness (QED) is 0.226. The molecule has 0 aliphatic rings. The van der Waals surface area contributed by atoms with E-state index in [2.05, 4.69) is 21.3 Å². The average Bonchev–Trinajstić information content (AvgIpc) is 2.77. The van der Waals surface area contributed by atoms with E-state index in [1.54, 1.807) is 39.9 Å². The molecule has 4 N–H and O–H groups in total. The Morgan fingerprint density at radius 2 is 0.947 bits per heavy atom. The third kappa shape index (κ3) is 32.4. The summed E-state index contributed by atoms with van der Waals surface area (Å²) in [6.07, 6.45) is 0.588. The molecule has 0 rings (SSSR count). The van der Waals surface area contributed by atoms with Crippen LogP contribution in [0.5, 0.6) is 0 Å². The van der Waals surface area contributed by atoms with Gasteiger partial charge in [0.15, 0.2) is 0 Å². The van der Waals surface area contributed by atoms with Gasteiger partial charge in [0.2, 0.25) is 11.8 Å². The van der Waals surface area contributed by atoms with Gasteiger partial charge in [0, 0.05) is 21.1 Å². The van der Waals surface area contributed by atoms with Crippen LogP contribution in [0, 0.1) is 0 Å². The van der Waals surface area contributed by atoms with E-state index in [9.17, 15) is 14.4 Å². The lowest BCUT2D eigenvalue weighted by atomic mass is 10.2. The Morgan fingerprint density at radius 3 is 1.21 bits per heavy atom. The number of hydrogen-bond acceptors (Lipinski definition) is 9. The zero-order valence-corrected chi connectivity index (χ0v) is 25.0. The first-order chi connectivity index (χ1) is 16.6. The number of ether oxygens (including phenoxy) is 3. The Hall–Kier alpha value is -1.63. The molecule has 0 saturated carbocycles. The first kappa shape index (κ1) is 46.2. The molecule has 232 valence electrons. The van der Waals surface area contributed by atoms with E-state index in [0.717, 1.165) is 0 Å². The van der Waals surface area contributed by atoms with E-state index in [0.29, 0.717) is 20.2 Å². The Kier molecular flexibility index (Phi) is 34.5. The lowest BCUT2D eigenvalue weighted by Gasteiger charge is -2.18. The fourth-order valence-corrected chi connectivity index (χ4v) is 1.95. The second-order valence-electron chi connectivity index (χ2n) is 9.31. The molecule has 0 heterocycles. The molecule has 3 atom stereocenters. The van der Waals surface area contributed by atoms with Crippen LogP contribution in [0.4, 0.5) is 0 Å². The van der Waals surface area contributed by atoms with Gasteiger partial charge < -0.3 is 24.4 Å². The summed E-state index contributed by atoms with van der Waals surface area (Å²) in [7, 11) is 5.09. The SMILES string of the molecule is C.C.CC(=O)C(C)NCOC(C)C.CC(C)OCNC(C)C(=O)N(C)C.CNC(=O)C(C)NCOC(C)C. The Morgan fingerprint density at radius 1 is 0.632 bits per heavy atom. The van der Waals surface area contributed by atoms with Crippen molar-refractivity contribution < 1.29 is 28.6 Å². The zero-order valence-electron chi connectivity index (χ0n) is 25.0. The predicted molar refractivity (Wildman–Crippen MR) is 158 cm³/mol. The Bertz CT molecular complexity index is 574. The second-order valence-corrected chi connectivity index (χ2v) is 9.31. The predicted octanol–water partition coefficient (Wildman–Crippen LogP) is 2.74. The highest BCUT2D eigenvalue weighted by Crippen LogP contribution is 1.91.